The van der Waals surface area contributed by atoms with E-state index in [0.717, 1.165) is 45.2 Å². The lowest BCUT2D eigenvalue weighted by atomic mass is 10.2. The van der Waals surface area contributed by atoms with E-state index in [2.05, 4.69) is 43.3 Å². The van der Waals surface area contributed by atoms with Gasteiger partial charge in [-0.2, -0.15) is 10.2 Å². The van der Waals surface area contributed by atoms with E-state index in [1.807, 2.05) is 47.3 Å². The molecule has 5 aromatic rings. The van der Waals surface area contributed by atoms with E-state index in [-0.39, 0.29) is 0 Å². The molecule has 0 atom stereocenters. The third kappa shape index (κ3) is 2.32. The molecule has 0 unspecified atom stereocenters. The van der Waals surface area contributed by atoms with Gasteiger partial charge < -0.3 is 0 Å². The van der Waals surface area contributed by atoms with Crippen LogP contribution in [0.4, 0.5) is 0 Å². The van der Waals surface area contributed by atoms with Gasteiger partial charge in [-0.1, -0.05) is 18.2 Å². The van der Waals surface area contributed by atoms with Crippen LogP contribution in [0.2, 0.25) is 0 Å². The van der Waals surface area contributed by atoms with Gasteiger partial charge in [-0.15, -0.1) is 0 Å². The van der Waals surface area contributed by atoms with E-state index in [0.29, 0.717) is 12.8 Å². The molecule has 0 aliphatic carbocycles. The number of aromatic nitrogens is 7. The minimum atomic E-state index is 0.690. The van der Waals surface area contributed by atoms with Gasteiger partial charge in [0.15, 0.2) is 22.9 Å². The van der Waals surface area contributed by atoms with E-state index in [9.17, 15) is 0 Å². The Morgan fingerprint density at radius 2 is 1.62 bits per heavy atom. The van der Waals surface area contributed by atoms with Gasteiger partial charge in [-0.05, 0) is 32.0 Å². The molecule has 4 heterocycles. The largest absolute Gasteiger partial charge is 0.256 e. The maximum absolute atomic E-state index is 4.68. The van der Waals surface area contributed by atoms with Crippen molar-refractivity contribution in [2.75, 3.05) is 0 Å². The first kappa shape index (κ1) is 14.9. The Balaban J connectivity index is 1.47. The maximum Gasteiger partial charge on any atom is 0.177 e. The fraction of sp³-hybridized carbons (Fsp3) is 0.211. The van der Waals surface area contributed by atoms with Crippen molar-refractivity contribution < 1.29 is 0 Å². The average molecular weight is 343 g/mol. The first-order chi connectivity index (χ1) is 12.7. The zero-order chi connectivity index (χ0) is 17.7. The molecule has 4 aromatic heterocycles. The summed E-state index contributed by atoms with van der Waals surface area (Å²) in [7, 11) is 0. The number of rotatable bonds is 3. The molecule has 0 fully saturated rings. The second-order valence-electron chi connectivity index (χ2n) is 6.44. The highest BCUT2D eigenvalue weighted by atomic mass is 15.3. The summed E-state index contributed by atoms with van der Waals surface area (Å²) in [5.41, 5.74) is 4.59. The second kappa shape index (κ2) is 5.59. The normalized spacial score (nSPS) is 11.8. The summed E-state index contributed by atoms with van der Waals surface area (Å²) >= 11 is 0. The molecule has 5 rings (SSSR count). The number of hydrogen-bond donors (Lipinski definition) is 0. The topological polar surface area (TPSA) is 73.3 Å². The summed E-state index contributed by atoms with van der Waals surface area (Å²) in [6, 6.07) is 12.3. The predicted molar refractivity (Wildman–Crippen MR) is 98.2 cm³/mol. The van der Waals surface area contributed by atoms with Crippen molar-refractivity contribution in [2.24, 2.45) is 0 Å². The molecule has 0 N–H and O–H groups in total. The van der Waals surface area contributed by atoms with E-state index in [1.165, 1.54) is 0 Å². The fourth-order valence-electron chi connectivity index (χ4n) is 3.21. The van der Waals surface area contributed by atoms with Crippen LogP contribution in [0.5, 0.6) is 0 Å². The van der Waals surface area contributed by atoms with Gasteiger partial charge in [-0.25, -0.2) is 19.0 Å². The van der Waals surface area contributed by atoms with Crippen molar-refractivity contribution in [2.45, 2.75) is 26.7 Å². The Kier molecular flexibility index (Phi) is 3.21. The molecule has 0 bridgehead atoms. The molecule has 0 aliphatic heterocycles. The van der Waals surface area contributed by atoms with Crippen LogP contribution in [0, 0.1) is 13.8 Å². The third-order valence-corrected chi connectivity index (χ3v) is 4.58. The Bertz CT molecular complexity index is 1230. The van der Waals surface area contributed by atoms with Crippen LogP contribution in [0.15, 0.2) is 42.6 Å². The molecule has 1 aromatic carbocycles. The summed E-state index contributed by atoms with van der Waals surface area (Å²) in [4.78, 5) is 13.6. The fourth-order valence-corrected chi connectivity index (χ4v) is 3.21. The Morgan fingerprint density at radius 3 is 2.46 bits per heavy atom. The highest BCUT2D eigenvalue weighted by molar-refractivity contribution is 5.81. The minimum absolute atomic E-state index is 0.690. The molecule has 0 amide bonds. The lowest BCUT2D eigenvalue weighted by Gasteiger charge is -1.98. The third-order valence-electron chi connectivity index (χ3n) is 4.58. The van der Waals surface area contributed by atoms with Gasteiger partial charge in [0, 0.05) is 24.4 Å². The number of fused-ring (bicyclic) bond motifs is 4. The van der Waals surface area contributed by atoms with Gasteiger partial charge in [0.05, 0.1) is 16.9 Å². The molecule has 0 saturated carbocycles. The molecule has 0 radical (unpaired) electrons. The summed E-state index contributed by atoms with van der Waals surface area (Å²) in [6.45, 7) is 3.93. The number of pyridine rings is 1. The van der Waals surface area contributed by atoms with E-state index in [4.69, 9.17) is 0 Å². The maximum atomic E-state index is 4.68. The Hall–Kier alpha value is -3.35. The Labute approximate surface area is 149 Å². The molecular formula is C19H17N7. The average Bonchev–Trinajstić information content (AvgIpc) is 3.28. The molecule has 7 heteroatoms. The van der Waals surface area contributed by atoms with E-state index in [1.54, 1.807) is 0 Å². The molecule has 7 nitrogen and oxygen atoms in total. The first-order valence-electron chi connectivity index (χ1n) is 8.60. The van der Waals surface area contributed by atoms with Crippen molar-refractivity contribution in [1.82, 2.24) is 34.2 Å². The highest BCUT2D eigenvalue weighted by Crippen LogP contribution is 2.16. The van der Waals surface area contributed by atoms with Gasteiger partial charge in [0.25, 0.3) is 0 Å². The zero-order valence-electron chi connectivity index (χ0n) is 14.6. The van der Waals surface area contributed by atoms with Crippen LogP contribution < -0.4 is 0 Å². The van der Waals surface area contributed by atoms with Crippen molar-refractivity contribution in [1.29, 1.82) is 0 Å². The summed E-state index contributed by atoms with van der Waals surface area (Å²) in [6.07, 6.45) is 3.20. The SMILES string of the molecule is Cc1ncc(C)n2nc(CCc3nc4ccc5ccccc5n4n3)nc12. The van der Waals surface area contributed by atoms with Crippen molar-refractivity contribution in [3.05, 3.63) is 65.6 Å². The minimum Gasteiger partial charge on any atom is -0.256 e. The van der Waals surface area contributed by atoms with Gasteiger partial charge >= 0.3 is 0 Å². The van der Waals surface area contributed by atoms with Crippen LogP contribution in [0.1, 0.15) is 23.0 Å². The molecule has 0 saturated heterocycles. The van der Waals surface area contributed by atoms with Gasteiger partial charge in [0.1, 0.15) is 0 Å². The van der Waals surface area contributed by atoms with Crippen molar-refractivity contribution in [3.8, 4) is 0 Å². The lowest BCUT2D eigenvalue weighted by molar-refractivity contribution is 0.784. The van der Waals surface area contributed by atoms with E-state index < -0.39 is 0 Å². The number of nitrogens with zero attached hydrogens (tertiary/aromatic N) is 7. The van der Waals surface area contributed by atoms with E-state index >= 15 is 0 Å². The number of benzene rings is 1. The smallest absolute Gasteiger partial charge is 0.177 e. The summed E-state index contributed by atoms with van der Waals surface area (Å²) < 4.78 is 3.75. The van der Waals surface area contributed by atoms with Crippen LogP contribution in [0.3, 0.4) is 0 Å². The Morgan fingerprint density at radius 1 is 0.846 bits per heavy atom. The number of hydrogen-bond acceptors (Lipinski definition) is 5. The molecular weight excluding hydrogens is 326 g/mol. The van der Waals surface area contributed by atoms with Gasteiger partial charge in [-0.3, -0.25) is 4.98 Å². The summed E-state index contributed by atoms with van der Waals surface area (Å²) in [5.74, 6) is 1.58. The second-order valence-corrected chi connectivity index (χ2v) is 6.44. The van der Waals surface area contributed by atoms with Gasteiger partial charge in [0.2, 0.25) is 0 Å². The quantitative estimate of drug-likeness (QED) is 0.504. The molecule has 26 heavy (non-hydrogen) atoms. The van der Waals surface area contributed by atoms with Crippen LogP contribution >= 0.6 is 0 Å². The van der Waals surface area contributed by atoms with Crippen LogP contribution in [-0.4, -0.2) is 34.2 Å². The van der Waals surface area contributed by atoms with Crippen LogP contribution in [0.25, 0.3) is 22.2 Å². The predicted octanol–water partition coefficient (Wildman–Crippen LogP) is 2.72. The monoisotopic (exact) mass is 343 g/mol. The number of para-hydroxylation sites is 1. The van der Waals surface area contributed by atoms with Crippen molar-refractivity contribution >= 4 is 22.2 Å². The lowest BCUT2D eigenvalue weighted by Crippen LogP contribution is -1.99. The summed E-state index contributed by atoms with van der Waals surface area (Å²) in [5, 5.41) is 10.4. The first-order valence-corrected chi connectivity index (χ1v) is 8.60. The standard InChI is InChI=1S/C19H17N7/c1-12-11-20-13(2)19-22-17(23-25(12)19)9-8-16-21-18-10-7-14-5-3-4-6-15(14)26(18)24-16/h3-7,10-11H,8-9H2,1-2H3. The molecule has 0 aliphatic rings. The zero-order valence-corrected chi connectivity index (χ0v) is 14.6. The molecule has 0 spiro atoms. The molecule has 128 valence electrons. The highest BCUT2D eigenvalue weighted by Gasteiger charge is 2.11. The van der Waals surface area contributed by atoms with Crippen LogP contribution in [-0.2, 0) is 12.8 Å². The van der Waals surface area contributed by atoms with Crippen molar-refractivity contribution in [3.63, 3.8) is 0 Å². The number of aryl methyl sites for hydroxylation is 4.